The fourth-order valence-electron chi connectivity index (χ4n) is 2.30. The van der Waals surface area contributed by atoms with E-state index in [1.165, 1.54) is 11.1 Å². The normalized spacial score (nSPS) is 10.4. The maximum atomic E-state index is 12.0. The van der Waals surface area contributed by atoms with Crippen LogP contribution in [0, 0.1) is 27.7 Å². The van der Waals surface area contributed by atoms with Gasteiger partial charge in [0.1, 0.15) is 0 Å². The fourth-order valence-corrected chi connectivity index (χ4v) is 2.30. The highest BCUT2D eigenvalue weighted by molar-refractivity contribution is 5.90. The Morgan fingerprint density at radius 2 is 1.70 bits per heavy atom. The van der Waals surface area contributed by atoms with Crippen molar-refractivity contribution >= 4 is 17.5 Å². The summed E-state index contributed by atoms with van der Waals surface area (Å²) in [6.45, 7) is 8.65. The first-order chi connectivity index (χ1) is 10.9. The van der Waals surface area contributed by atoms with Gasteiger partial charge >= 0.3 is 0 Å². The van der Waals surface area contributed by atoms with Crippen molar-refractivity contribution in [1.29, 1.82) is 0 Å². The van der Waals surface area contributed by atoms with E-state index in [-0.39, 0.29) is 5.91 Å². The van der Waals surface area contributed by atoms with Crippen molar-refractivity contribution in [3.8, 4) is 0 Å². The first-order valence-electron chi connectivity index (χ1n) is 7.87. The number of nitrogens with one attached hydrogen (secondary N) is 2. The summed E-state index contributed by atoms with van der Waals surface area (Å²) in [5.41, 5.74) is 5.13. The van der Waals surface area contributed by atoms with Crippen LogP contribution in [0.5, 0.6) is 0 Å². The molecular formula is C18H24N4O. The zero-order valence-electron chi connectivity index (χ0n) is 14.2. The van der Waals surface area contributed by atoms with Crippen LogP contribution in [0.1, 0.15) is 35.4 Å². The number of benzene rings is 1. The highest BCUT2D eigenvalue weighted by atomic mass is 16.1. The molecule has 0 saturated carbocycles. The van der Waals surface area contributed by atoms with Crippen LogP contribution in [0.15, 0.2) is 24.3 Å². The van der Waals surface area contributed by atoms with E-state index in [2.05, 4.69) is 27.5 Å². The van der Waals surface area contributed by atoms with Crippen LogP contribution < -0.4 is 10.6 Å². The Balaban J connectivity index is 1.75. The zero-order valence-corrected chi connectivity index (χ0v) is 14.2. The predicted octanol–water partition coefficient (Wildman–Crippen LogP) is 3.54. The van der Waals surface area contributed by atoms with Crippen molar-refractivity contribution in [2.45, 2.75) is 40.5 Å². The lowest BCUT2D eigenvalue weighted by atomic mass is 10.1. The van der Waals surface area contributed by atoms with Gasteiger partial charge in [0.15, 0.2) is 0 Å². The van der Waals surface area contributed by atoms with Crippen LogP contribution in [0.3, 0.4) is 0 Å². The number of hydrogen-bond donors (Lipinski definition) is 2. The molecule has 0 radical (unpaired) electrons. The predicted molar refractivity (Wildman–Crippen MR) is 93.8 cm³/mol. The third-order valence-corrected chi connectivity index (χ3v) is 3.64. The second kappa shape index (κ2) is 7.72. The van der Waals surface area contributed by atoms with Gasteiger partial charge in [0, 0.05) is 30.0 Å². The smallest absolute Gasteiger partial charge is 0.224 e. The van der Waals surface area contributed by atoms with Crippen molar-refractivity contribution in [1.82, 2.24) is 9.97 Å². The van der Waals surface area contributed by atoms with Crippen molar-refractivity contribution < 1.29 is 4.79 Å². The van der Waals surface area contributed by atoms with Gasteiger partial charge in [-0.15, -0.1) is 0 Å². The highest BCUT2D eigenvalue weighted by Crippen LogP contribution is 2.14. The van der Waals surface area contributed by atoms with Gasteiger partial charge in [0.05, 0.1) is 0 Å². The van der Waals surface area contributed by atoms with Crippen LogP contribution in [-0.2, 0) is 4.79 Å². The molecule has 1 aromatic carbocycles. The molecule has 0 bridgehead atoms. The molecule has 1 heterocycles. The molecule has 0 fully saturated rings. The summed E-state index contributed by atoms with van der Waals surface area (Å²) in [5, 5.41) is 6.09. The highest BCUT2D eigenvalue weighted by Gasteiger charge is 2.04. The molecule has 0 aliphatic carbocycles. The molecule has 5 heteroatoms. The zero-order chi connectivity index (χ0) is 16.8. The summed E-state index contributed by atoms with van der Waals surface area (Å²) in [5.74, 6) is 0.647. The Labute approximate surface area is 137 Å². The van der Waals surface area contributed by atoms with E-state index in [0.29, 0.717) is 18.9 Å². The van der Waals surface area contributed by atoms with Crippen LogP contribution in [0.2, 0.25) is 0 Å². The van der Waals surface area contributed by atoms with Gasteiger partial charge in [-0.2, -0.15) is 0 Å². The van der Waals surface area contributed by atoms with Crippen molar-refractivity contribution in [2.24, 2.45) is 0 Å². The minimum absolute atomic E-state index is 0.0244. The summed E-state index contributed by atoms with van der Waals surface area (Å²) in [4.78, 5) is 20.6. The molecule has 0 unspecified atom stereocenters. The number of aromatic nitrogens is 2. The molecule has 2 aromatic rings. The lowest BCUT2D eigenvalue weighted by molar-refractivity contribution is -0.116. The third-order valence-electron chi connectivity index (χ3n) is 3.64. The quantitative estimate of drug-likeness (QED) is 0.801. The monoisotopic (exact) mass is 312 g/mol. The summed E-state index contributed by atoms with van der Waals surface area (Å²) >= 11 is 0. The van der Waals surface area contributed by atoms with E-state index in [1.807, 2.05) is 45.0 Å². The van der Waals surface area contributed by atoms with Gasteiger partial charge in [-0.1, -0.05) is 6.07 Å². The number of nitrogens with zero attached hydrogens (tertiary/aromatic N) is 2. The Hall–Kier alpha value is -2.43. The Morgan fingerprint density at radius 1 is 1.00 bits per heavy atom. The van der Waals surface area contributed by atoms with Crippen LogP contribution in [0.4, 0.5) is 11.6 Å². The fraction of sp³-hybridized carbons (Fsp3) is 0.389. The number of hydrogen-bond acceptors (Lipinski definition) is 4. The lowest BCUT2D eigenvalue weighted by Gasteiger charge is -2.08. The maximum Gasteiger partial charge on any atom is 0.224 e. The number of rotatable bonds is 6. The molecular weight excluding hydrogens is 288 g/mol. The number of carbonyl (C=O) groups is 1. The van der Waals surface area contributed by atoms with Gasteiger partial charge in [-0.05, 0) is 63.4 Å². The molecule has 0 spiro atoms. The Kier molecular flexibility index (Phi) is 5.68. The number of carbonyl (C=O) groups excluding carboxylic acids is 1. The standard InChI is InChI=1S/C18H24N4O/c1-12-7-8-16(10-13(12)2)22-17(23)6-5-9-19-18-20-14(3)11-15(4)21-18/h7-8,10-11H,5-6,9H2,1-4H3,(H,22,23)(H,19,20,21). The second-order valence-corrected chi connectivity index (χ2v) is 5.85. The van der Waals surface area contributed by atoms with Gasteiger partial charge in [-0.25, -0.2) is 9.97 Å². The third kappa shape index (κ3) is 5.36. The number of anilines is 2. The SMILES string of the molecule is Cc1cc(C)nc(NCCCC(=O)Nc2ccc(C)c(C)c2)n1. The van der Waals surface area contributed by atoms with Crippen molar-refractivity contribution in [2.75, 3.05) is 17.2 Å². The van der Waals surface area contributed by atoms with Crippen molar-refractivity contribution in [3.05, 3.63) is 46.8 Å². The number of aryl methyl sites for hydroxylation is 4. The Morgan fingerprint density at radius 3 is 2.35 bits per heavy atom. The first-order valence-corrected chi connectivity index (χ1v) is 7.87. The maximum absolute atomic E-state index is 12.0. The van der Waals surface area contributed by atoms with Crippen molar-refractivity contribution in [3.63, 3.8) is 0 Å². The Bertz CT molecular complexity index is 677. The summed E-state index contributed by atoms with van der Waals surface area (Å²) in [6.07, 6.45) is 1.19. The minimum Gasteiger partial charge on any atom is -0.354 e. The van der Waals surface area contributed by atoms with E-state index < -0.39 is 0 Å². The summed E-state index contributed by atoms with van der Waals surface area (Å²) in [7, 11) is 0. The van der Waals surface area contributed by atoms with Crippen LogP contribution in [0.25, 0.3) is 0 Å². The first kappa shape index (κ1) is 16.9. The van der Waals surface area contributed by atoms with Gasteiger partial charge in [-0.3, -0.25) is 4.79 Å². The van der Waals surface area contributed by atoms with E-state index >= 15 is 0 Å². The number of amides is 1. The average Bonchev–Trinajstić information content (AvgIpc) is 2.46. The van der Waals surface area contributed by atoms with E-state index in [0.717, 1.165) is 23.5 Å². The van der Waals surface area contributed by atoms with Gasteiger partial charge in [0.2, 0.25) is 11.9 Å². The molecule has 23 heavy (non-hydrogen) atoms. The largest absolute Gasteiger partial charge is 0.354 e. The molecule has 0 aliphatic heterocycles. The second-order valence-electron chi connectivity index (χ2n) is 5.85. The molecule has 1 amide bonds. The van der Waals surface area contributed by atoms with E-state index in [9.17, 15) is 4.79 Å². The van der Waals surface area contributed by atoms with E-state index in [1.54, 1.807) is 0 Å². The van der Waals surface area contributed by atoms with Gasteiger partial charge < -0.3 is 10.6 Å². The molecule has 122 valence electrons. The molecule has 5 nitrogen and oxygen atoms in total. The topological polar surface area (TPSA) is 66.9 Å². The van der Waals surface area contributed by atoms with Crippen LogP contribution in [-0.4, -0.2) is 22.4 Å². The molecule has 0 atom stereocenters. The minimum atomic E-state index is 0.0244. The molecule has 0 aliphatic rings. The lowest BCUT2D eigenvalue weighted by Crippen LogP contribution is -2.14. The molecule has 2 N–H and O–H groups in total. The van der Waals surface area contributed by atoms with Crippen LogP contribution >= 0.6 is 0 Å². The average molecular weight is 312 g/mol. The molecule has 1 aromatic heterocycles. The van der Waals surface area contributed by atoms with E-state index in [4.69, 9.17) is 0 Å². The summed E-state index contributed by atoms with van der Waals surface area (Å²) in [6, 6.07) is 7.88. The summed E-state index contributed by atoms with van der Waals surface area (Å²) < 4.78 is 0. The molecule has 2 rings (SSSR count). The molecule has 0 saturated heterocycles. The van der Waals surface area contributed by atoms with Gasteiger partial charge in [0.25, 0.3) is 0 Å².